The molecule has 0 aliphatic carbocycles. The van der Waals surface area contributed by atoms with Crippen molar-refractivity contribution in [3.05, 3.63) is 72.3 Å². The van der Waals surface area contributed by atoms with Crippen molar-refractivity contribution < 1.29 is 4.74 Å². The first kappa shape index (κ1) is 22.1. The Kier molecular flexibility index (Phi) is 5.49. The van der Waals surface area contributed by atoms with Gasteiger partial charge in [0, 0.05) is 38.4 Å². The molecule has 10 heteroatoms. The molecule has 0 atom stereocenters. The van der Waals surface area contributed by atoms with Crippen LogP contribution in [0.3, 0.4) is 0 Å². The van der Waals surface area contributed by atoms with Crippen LogP contribution in [0.4, 0.5) is 17.5 Å². The molecule has 4 N–H and O–H groups in total. The zero-order valence-corrected chi connectivity index (χ0v) is 20.0. The lowest BCUT2D eigenvalue weighted by Crippen LogP contribution is -2.37. The molecule has 5 aromatic rings. The molecule has 0 saturated carbocycles. The van der Waals surface area contributed by atoms with Gasteiger partial charge in [0.1, 0.15) is 5.82 Å². The van der Waals surface area contributed by atoms with Gasteiger partial charge in [0.15, 0.2) is 17.0 Å². The number of nitrogens with two attached hydrogens (primary N) is 2. The molecule has 182 valence electrons. The fourth-order valence-electron chi connectivity index (χ4n) is 4.50. The van der Waals surface area contributed by atoms with Crippen LogP contribution in [-0.4, -0.2) is 55.6 Å². The highest BCUT2D eigenvalue weighted by Gasteiger charge is 2.22. The number of nitrogens with zero attached hydrogens (tertiary/aromatic N) is 7. The van der Waals surface area contributed by atoms with E-state index in [1.807, 2.05) is 48.3 Å². The van der Waals surface area contributed by atoms with Crippen molar-refractivity contribution in [1.82, 2.24) is 29.3 Å². The summed E-state index contributed by atoms with van der Waals surface area (Å²) in [7, 11) is 1.89. The number of hydrogen-bond acceptors (Lipinski definition) is 8. The average molecular weight is 482 g/mol. The highest BCUT2D eigenvalue weighted by atomic mass is 16.5. The van der Waals surface area contributed by atoms with Crippen molar-refractivity contribution >= 4 is 28.6 Å². The Labute approximate surface area is 208 Å². The molecule has 4 heterocycles. The minimum absolute atomic E-state index is 0.365. The van der Waals surface area contributed by atoms with E-state index in [-0.39, 0.29) is 0 Å². The highest BCUT2D eigenvalue weighted by molar-refractivity contribution is 5.85. The Morgan fingerprint density at radius 1 is 0.889 bits per heavy atom. The molecule has 3 aromatic heterocycles. The molecule has 1 fully saturated rings. The smallest absolute Gasteiger partial charge is 0.229 e. The van der Waals surface area contributed by atoms with Gasteiger partial charge in [0.05, 0.1) is 25.1 Å². The minimum Gasteiger partial charge on any atom is -0.399 e. The molecule has 0 radical (unpaired) electrons. The molecule has 36 heavy (non-hydrogen) atoms. The van der Waals surface area contributed by atoms with Crippen molar-refractivity contribution in [2.24, 2.45) is 7.05 Å². The van der Waals surface area contributed by atoms with Gasteiger partial charge in [0.25, 0.3) is 0 Å². The molecular weight excluding hydrogens is 454 g/mol. The lowest BCUT2D eigenvalue weighted by Gasteiger charge is -2.26. The maximum atomic E-state index is 6.40. The van der Waals surface area contributed by atoms with Crippen LogP contribution >= 0.6 is 0 Å². The van der Waals surface area contributed by atoms with Crippen LogP contribution < -0.4 is 16.4 Å². The predicted octanol–water partition coefficient (Wildman–Crippen LogP) is 2.81. The molecule has 1 aliphatic heterocycles. The van der Waals surface area contributed by atoms with E-state index in [4.69, 9.17) is 26.2 Å². The van der Waals surface area contributed by atoms with E-state index < -0.39 is 0 Å². The van der Waals surface area contributed by atoms with Crippen LogP contribution in [0.15, 0.2) is 60.9 Å². The van der Waals surface area contributed by atoms with Crippen molar-refractivity contribution in [3.8, 4) is 16.8 Å². The first-order chi connectivity index (χ1) is 17.5. The van der Waals surface area contributed by atoms with Gasteiger partial charge < -0.3 is 21.1 Å². The van der Waals surface area contributed by atoms with Gasteiger partial charge >= 0.3 is 0 Å². The van der Waals surface area contributed by atoms with Gasteiger partial charge in [-0.2, -0.15) is 15.1 Å². The number of nitrogen functional groups attached to an aromatic ring is 2. The summed E-state index contributed by atoms with van der Waals surface area (Å²) in [4.78, 5) is 16.5. The molecule has 1 aliphatic rings. The van der Waals surface area contributed by atoms with Gasteiger partial charge in [-0.3, -0.25) is 9.25 Å². The Balaban J connectivity index is 1.40. The normalized spacial score (nSPS) is 14.0. The van der Waals surface area contributed by atoms with Crippen LogP contribution in [0.1, 0.15) is 11.4 Å². The van der Waals surface area contributed by atoms with E-state index in [0.29, 0.717) is 42.6 Å². The minimum atomic E-state index is 0.365. The number of rotatable bonds is 5. The number of fused-ring (bicyclic) bond motifs is 1. The fourth-order valence-corrected chi connectivity index (χ4v) is 4.50. The summed E-state index contributed by atoms with van der Waals surface area (Å²) in [6, 6.07) is 16.3. The van der Waals surface area contributed by atoms with Crippen molar-refractivity contribution in [2.45, 2.75) is 6.42 Å². The van der Waals surface area contributed by atoms with E-state index in [1.54, 1.807) is 4.68 Å². The number of hydrogen-bond donors (Lipinski definition) is 2. The monoisotopic (exact) mass is 481 g/mol. The number of benzene rings is 2. The molecular formula is C26H27N9O. The molecule has 1 saturated heterocycles. The van der Waals surface area contributed by atoms with E-state index >= 15 is 0 Å². The summed E-state index contributed by atoms with van der Waals surface area (Å²) in [5.74, 6) is 1.77. The molecule has 0 spiro atoms. The van der Waals surface area contributed by atoms with Gasteiger partial charge in [-0.1, -0.05) is 36.4 Å². The Hall–Kier alpha value is -4.44. The molecule has 0 bridgehead atoms. The maximum Gasteiger partial charge on any atom is 0.229 e. The second kappa shape index (κ2) is 8.97. The molecule has 2 aromatic carbocycles. The van der Waals surface area contributed by atoms with Crippen LogP contribution in [0.2, 0.25) is 0 Å². The van der Waals surface area contributed by atoms with Gasteiger partial charge in [0.2, 0.25) is 5.95 Å². The maximum absolute atomic E-state index is 6.40. The Bertz CT molecular complexity index is 1510. The molecule has 0 amide bonds. The number of morpholine rings is 1. The first-order valence-corrected chi connectivity index (χ1v) is 11.9. The summed E-state index contributed by atoms with van der Waals surface area (Å²) in [6.07, 6.45) is 4.35. The number of aromatic nitrogens is 6. The van der Waals surface area contributed by atoms with Crippen molar-refractivity contribution in [2.75, 3.05) is 42.7 Å². The summed E-state index contributed by atoms with van der Waals surface area (Å²) in [5.41, 5.74) is 18.5. The zero-order chi connectivity index (χ0) is 24.6. The Morgan fingerprint density at radius 3 is 2.25 bits per heavy atom. The Morgan fingerprint density at radius 2 is 1.58 bits per heavy atom. The number of aryl methyl sites for hydroxylation is 1. The summed E-state index contributed by atoms with van der Waals surface area (Å²) < 4.78 is 9.27. The molecule has 10 nitrogen and oxygen atoms in total. The highest BCUT2D eigenvalue weighted by Crippen LogP contribution is 2.28. The lowest BCUT2D eigenvalue weighted by atomic mass is 10.0. The summed E-state index contributed by atoms with van der Waals surface area (Å²) >= 11 is 0. The van der Waals surface area contributed by atoms with E-state index in [1.165, 1.54) is 0 Å². The van der Waals surface area contributed by atoms with Crippen molar-refractivity contribution in [1.29, 1.82) is 0 Å². The van der Waals surface area contributed by atoms with Gasteiger partial charge in [-0.15, -0.1) is 0 Å². The number of ether oxygens (including phenoxy) is 1. The van der Waals surface area contributed by atoms with E-state index in [0.717, 1.165) is 47.0 Å². The third kappa shape index (κ3) is 4.11. The average Bonchev–Trinajstić information content (AvgIpc) is 3.48. The van der Waals surface area contributed by atoms with E-state index in [9.17, 15) is 0 Å². The third-order valence-electron chi connectivity index (χ3n) is 6.40. The second-order valence-electron chi connectivity index (χ2n) is 8.91. The van der Waals surface area contributed by atoms with Gasteiger partial charge in [-0.05, 0) is 28.8 Å². The molecule has 0 unspecified atom stereocenters. The quantitative estimate of drug-likeness (QED) is 0.367. The second-order valence-corrected chi connectivity index (χ2v) is 8.91. The first-order valence-electron chi connectivity index (χ1n) is 11.9. The topological polar surface area (TPSA) is 126 Å². The number of anilines is 3. The zero-order valence-electron chi connectivity index (χ0n) is 20.0. The summed E-state index contributed by atoms with van der Waals surface area (Å²) in [6.45, 7) is 2.72. The van der Waals surface area contributed by atoms with Crippen LogP contribution in [0.25, 0.3) is 28.0 Å². The fraction of sp³-hybridized carbons (Fsp3) is 0.231. The third-order valence-corrected chi connectivity index (χ3v) is 6.40. The summed E-state index contributed by atoms with van der Waals surface area (Å²) in [5, 5.41) is 4.37. The lowest BCUT2D eigenvalue weighted by molar-refractivity contribution is 0.122. The standard InChI is InChI=1S/C26H27N9O/c1-33-16-21(15-29-33)35-22(14-17-2-4-18(5-3-17)19-6-8-20(27)9-7-19)30-23-24(28)31-26(32-25(23)35)34-10-12-36-13-11-34/h2-9,15-16H,10-14,27H2,1H3,(H2,28,31,32). The van der Waals surface area contributed by atoms with Crippen molar-refractivity contribution in [3.63, 3.8) is 0 Å². The number of imidazole rings is 1. The van der Waals surface area contributed by atoms with E-state index in [2.05, 4.69) is 39.2 Å². The largest absolute Gasteiger partial charge is 0.399 e. The van der Waals surface area contributed by atoms with Gasteiger partial charge in [-0.25, -0.2) is 4.98 Å². The SMILES string of the molecule is Cn1cc(-n2c(Cc3ccc(-c4ccc(N)cc4)cc3)nc3c(N)nc(N4CCOCC4)nc32)cn1. The van der Waals surface area contributed by atoms with Crippen LogP contribution in [0, 0.1) is 0 Å². The predicted molar refractivity (Wildman–Crippen MR) is 140 cm³/mol. The van der Waals surface area contributed by atoms with Crippen LogP contribution in [-0.2, 0) is 18.2 Å². The van der Waals surface area contributed by atoms with Crippen LogP contribution in [0.5, 0.6) is 0 Å². The molecule has 6 rings (SSSR count).